The third-order valence-corrected chi connectivity index (χ3v) is 2.93. The van der Waals surface area contributed by atoms with Gasteiger partial charge in [-0.1, -0.05) is 25.1 Å². The molecule has 1 aliphatic rings. The number of hydrogen-bond donors (Lipinski definition) is 2. The van der Waals surface area contributed by atoms with Crippen LogP contribution in [0.25, 0.3) is 0 Å². The van der Waals surface area contributed by atoms with Crippen molar-refractivity contribution in [3.8, 4) is 0 Å². The van der Waals surface area contributed by atoms with E-state index in [1.807, 2.05) is 0 Å². The first-order valence-electron chi connectivity index (χ1n) is 5.37. The highest BCUT2D eigenvalue weighted by atomic mass is 32.1. The third kappa shape index (κ3) is 3.90. The van der Waals surface area contributed by atoms with Crippen LogP contribution in [0.15, 0.2) is 0 Å². The molecule has 0 aromatic rings. The van der Waals surface area contributed by atoms with Crippen LogP contribution in [0.5, 0.6) is 0 Å². The molecule has 0 radical (unpaired) electrons. The first-order valence-corrected chi connectivity index (χ1v) is 5.78. The Balaban J connectivity index is 2.37. The molecule has 0 aromatic carbocycles. The Morgan fingerprint density at radius 1 is 1.43 bits per heavy atom. The number of aliphatic hydroxyl groups is 1. The molecule has 0 bridgehead atoms. The normalized spacial score (nSPS) is 17.9. The molecular weight excluding hydrogens is 196 g/mol. The fourth-order valence-electron chi connectivity index (χ4n) is 2.13. The third-order valence-electron chi connectivity index (χ3n) is 2.80. The Labute approximate surface area is 91.3 Å². The van der Waals surface area contributed by atoms with E-state index in [0.717, 1.165) is 13.0 Å². The van der Waals surface area contributed by atoms with Gasteiger partial charge in [-0.15, -0.1) is 0 Å². The van der Waals surface area contributed by atoms with E-state index in [1.165, 1.54) is 25.7 Å². The molecule has 3 N–H and O–H groups in total. The van der Waals surface area contributed by atoms with Crippen LogP contribution in [0.3, 0.4) is 0 Å². The molecule has 1 fully saturated rings. The second kappa shape index (κ2) is 6.32. The minimum Gasteiger partial charge on any atom is -0.396 e. The predicted molar refractivity (Wildman–Crippen MR) is 62.3 cm³/mol. The van der Waals surface area contributed by atoms with Gasteiger partial charge in [0.05, 0.1) is 4.99 Å². The quantitative estimate of drug-likeness (QED) is 0.648. The summed E-state index contributed by atoms with van der Waals surface area (Å²) in [5, 5.41) is 8.80. The summed E-state index contributed by atoms with van der Waals surface area (Å²) in [6.07, 6.45) is 5.97. The van der Waals surface area contributed by atoms with Gasteiger partial charge < -0.3 is 10.8 Å². The molecule has 0 saturated heterocycles. The molecule has 4 heteroatoms. The molecule has 14 heavy (non-hydrogen) atoms. The topological polar surface area (TPSA) is 49.5 Å². The van der Waals surface area contributed by atoms with E-state index in [1.54, 1.807) is 0 Å². The van der Waals surface area contributed by atoms with Crippen molar-refractivity contribution in [2.24, 2.45) is 5.73 Å². The molecule has 1 aliphatic carbocycles. The van der Waals surface area contributed by atoms with Gasteiger partial charge >= 0.3 is 0 Å². The van der Waals surface area contributed by atoms with Crippen LogP contribution in [0.1, 0.15) is 32.1 Å². The molecule has 0 atom stereocenters. The molecule has 0 heterocycles. The van der Waals surface area contributed by atoms with E-state index in [2.05, 4.69) is 4.90 Å². The highest BCUT2D eigenvalue weighted by Crippen LogP contribution is 2.23. The smallest absolute Gasteiger partial charge is 0.0870 e. The summed E-state index contributed by atoms with van der Waals surface area (Å²) in [6, 6.07) is 0.642. The van der Waals surface area contributed by atoms with Gasteiger partial charge in [0.15, 0.2) is 0 Å². The number of thiocarbonyl (C=S) groups is 1. The summed E-state index contributed by atoms with van der Waals surface area (Å²) in [6.45, 7) is 1.87. The predicted octanol–water partition coefficient (Wildman–Crippen LogP) is 0.899. The van der Waals surface area contributed by atoms with Crippen molar-refractivity contribution in [2.75, 3.05) is 19.7 Å². The van der Waals surface area contributed by atoms with E-state index in [4.69, 9.17) is 23.1 Å². The zero-order chi connectivity index (χ0) is 10.4. The lowest BCUT2D eigenvalue weighted by Crippen LogP contribution is -2.40. The van der Waals surface area contributed by atoms with Crippen LogP contribution >= 0.6 is 12.2 Å². The number of rotatable bonds is 6. The monoisotopic (exact) mass is 216 g/mol. The van der Waals surface area contributed by atoms with Crippen LogP contribution in [-0.2, 0) is 0 Å². The molecule has 0 unspecified atom stereocenters. The lowest BCUT2D eigenvalue weighted by Gasteiger charge is -2.27. The van der Waals surface area contributed by atoms with Gasteiger partial charge in [0.2, 0.25) is 0 Å². The number of aliphatic hydroxyl groups excluding tert-OH is 1. The van der Waals surface area contributed by atoms with Crippen molar-refractivity contribution in [1.29, 1.82) is 0 Å². The average molecular weight is 216 g/mol. The van der Waals surface area contributed by atoms with E-state index < -0.39 is 0 Å². The van der Waals surface area contributed by atoms with Crippen molar-refractivity contribution in [3.05, 3.63) is 0 Å². The maximum Gasteiger partial charge on any atom is 0.0870 e. The molecule has 0 spiro atoms. The van der Waals surface area contributed by atoms with Crippen molar-refractivity contribution in [1.82, 2.24) is 4.90 Å². The highest BCUT2D eigenvalue weighted by Gasteiger charge is 2.22. The van der Waals surface area contributed by atoms with Crippen LogP contribution < -0.4 is 5.73 Å². The molecule has 3 nitrogen and oxygen atoms in total. The van der Waals surface area contributed by atoms with Gasteiger partial charge in [0, 0.05) is 25.7 Å². The first-order chi connectivity index (χ1) is 6.74. The number of nitrogens with two attached hydrogens (primary N) is 1. The van der Waals surface area contributed by atoms with Crippen LogP contribution in [0, 0.1) is 0 Å². The Morgan fingerprint density at radius 2 is 2.07 bits per heavy atom. The maximum absolute atomic E-state index is 8.80. The minimum atomic E-state index is 0.251. The van der Waals surface area contributed by atoms with Gasteiger partial charge in [-0.25, -0.2) is 0 Å². The van der Waals surface area contributed by atoms with Crippen LogP contribution in [-0.4, -0.2) is 40.7 Å². The summed E-state index contributed by atoms with van der Waals surface area (Å²) >= 11 is 4.93. The van der Waals surface area contributed by atoms with E-state index in [-0.39, 0.29) is 6.61 Å². The fraction of sp³-hybridized carbons (Fsp3) is 0.900. The molecule has 1 saturated carbocycles. The first kappa shape index (κ1) is 11.9. The lowest BCUT2D eigenvalue weighted by molar-refractivity contribution is 0.196. The fourth-order valence-corrected chi connectivity index (χ4v) is 2.30. The van der Waals surface area contributed by atoms with Crippen molar-refractivity contribution >= 4 is 17.2 Å². The Hall–Kier alpha value is -0.190. The van der Waals surface area contributed by atoms with Gasteiger partial charge in [-0.2, -0.15) is 0 Å². The molecule has 0 aliphatic heterocycles. The van der Waals surface area contributed by atoms with E-state index >= 15 is 0 Å². The Bertz CT molecular complexity index is 181. The summed E-state index contributed by atoms with van der Waals surface area (Å²) in [4.78, 5) is 2.89. The van der Waals surface area contributed by atoms with Crippen molar-refractivity contribution in [3.63, 3.8) is 0 Å². The molecule has 1 rings (SSSR count). The van der Waals surface area contributed by atoms with E-state index in [0.29, 0.717) is 17.6 Å². The molecular formula is C10H20N2OS. The summed E-state index contributed by atoms with van der Waals surface area (Å²) < 4.78 is 0. The largest absolute Gasteiger partial charge is 0.396 e. The molecule has 0 aromatic heterocycles. The van der Waals surface area contributed by atoms with Crippen molar-refractivity contribution in [2.45, 2.75) is 38.1 Å². The molecule has 82 valence electrons. The number of nitrogens with zero attached hydrogens (tertiary/aromatic N) is 1. The van der Waals surface area contributed by atoms with Crippen LogP contribution in [0.4, 0.5) is 0 Å². The zero-order valence-corrected chi connectivity index (χ0v) is 9.43. The minimum absolute atomic E-state index is 0.251. The summed E-state index contributed by atoms with van der Waals surface area (Å²) in [7, 11) is 0. The lowest BCUT2D eigenvalue weighted by atomic mass is 10.2. The molecule has 0 amide bonds. The van der Waals surface area contributed by atoms with Crippen molar-refractivity contribution < 1.29 is 5.11 Å². The van der Waals surface area contributed by atoms with Gasteiger partial charge in [0.25, 0.3) is 0 Å². The van der Waals surface area contributed by atoms with E-state index in [9.17, 15) is 0 Å². The number of hydrogen-bond acceptors (Lipinski definition) is 3. The second-order valence-corrected chi connectivity index (χ2v) is 4.48. The summed E-state index contributed by atoms with van der Waals surface area (Å²) in [5.74, 6) is 0. The van der Waals surface area contributed by atoms with Gasteiger partial charge in [-0.3, -0.25) is 4.90 Å². The Kier molecular flexibility index (Phi) is 5.37. The maximum atomic E-state index is 8.80. The standard InChI is InChI=1S/C10H20N2OS/c11-10(14)8-12(6-3-7-13)9-4-1-2-5-9/h9,13H,1-8H2,(H2,11,14). The van der Waals surface area contributed by atoms with Crippen LogP contribution in [0.2, 0.25) is 0 Å². The Morgan fingerprint density at radius 3 is 2.57 bits per heavy atom. The summed E-state index contributed by atoms with van der Waals surface area (Å²) in [5.41, 5.74) is 5.56. The van der Waals surface area contributed by atoms with Gasteiger partial charge in [-0.05, 0) is 19.3 Å². The second-order valence-electron chi connectivity index (χ2n) is 3.95. The highest BCUT2D eigenvalue weighted by molar-refractivity contribution is 7.80. The SMILES string of the molecule is NC(=S)CN(CCCO)C1CCCC1. The zero-order valence-electron chi connectivity index (χ0n) is 8.61. The van der Waals surface area contributed by atoms with Gasteiger partial charge in [0.1, 0.15) is 0 Å². The average Bonchev–Trinajstić information content (AvgIpc) is 2.64.